The number of hydrogen-bond acceptors (Lipinski definition) is 4. The maximum absolute atomic E-state index is 6.34. The molecule has 0 N–H and O–H groups in total. The van der Waals surface area contributed by atoms with Crippen LogP contribution in [0.25, 0.3) is 87.7 Å². The van der Waals surface area contributed by atoms with Gasteiger partial charge in [0.05, 0.1) is 0 Å². The van der Waals surface area contributed by atoms with Crippen molar-refractivity contribution >= 4 is 98.1 Å². The average Bonchev–Trinajstić information content (AvgIpc) is 3.61. The summed E-state index contributed by atoms with van der Waals surface area (Å²) in [5, 5.41) is 2.27. The van der Waals surface area contributed by atoms with Gasteiger partial charge in [0.15, 0.2) is 17.5 Å². The zero-order valence-corrected chi connectivity index (χ0v) is 29.8. The lowest BCUT2D eigenvalue weighted by Crippen LogP contribution is -2.55. The van der Waals surface area contributed by atoms with E-state index in [1.165, 1.54) is 9.40 Å². The largest absolute Gasteiger partial charge is 0.208 e. The van der Waals surface area contributed by atoms with Gasteiger partial charge in [-0.05, 0) is 57.6 Å². The molecule has 54 heavy (non-hydrogen) atoms. The minimum atomic E-state index is 0.201. The lowest BCUT2D eigenvalue weighted by molar-refractivity contribution is 1.08. The van der Waals surface area contributed by atoms with Crippen molar-refractivity contribution in [3.05, 3.63) is 146 Å². The van der Waals surface area contributed by atoms with E-state index in [2.05, 4.69) is 60.7 Å². The van der Waals surface area contributed by atoms with Gasteiger partial charge >= 0.3 is 0 Å². The molecule has 0 saturated carbocycles. The molecule has 9 heteroatoms. The molecule has 0 aliphatic rings. The van der Waals surface area contributed by atoms with Crippen LogP contribution in [0.2, 0.25) is 0 Å². The summed E-state index contributed by atoms with van der Waals surface area (Å²) < 4.78 is 2.36. The molecule has 0 atom stereocenters. The number of hydrogen-bond donors (Lipinski definition) is 0. The molecular formula is C45H24B5N3S. The van der Waals surface area contributed by atoms with Gasteiger partial charge in [0.1, 0.15) is 39.2 Å². The lowest BCUT2D eigenvalue weighted by Gasteiger charge is -2.21. The molecule has 0 fully saturated rings. The standard InChI is InChI=1S/C45H24B5N3S/c46-38-36(39(47)41(49)42(50)40(38)48)26-19-17-25(18-20-26)29-13-7-14-30(23-29)31-21-22-34-33(24-31)37-32(15-8-16-35(37)54-34)45-52-43(27-9-3-1-4-10-27)51-44(53-45)28-11-5-2-6-12-28/h1-24H. The highest BCUT2D eigenvalue weighted by molar-refractivity contribution is 7.26. The molecule has 0 bridgehead atoms. The molecule has 0 unspecified atom stereocenters. The highest BCUT2D eigenvalue weighted by Crippen LogP contribution is 2.41. The van der Waals surface area contributed by atoms with Gasteiger partial charge in [-0.3, -0.25) is 0 Å². The van der Waals surface area contributed by atoms with Crippen molar-refractivity contribution in [2.75, 3.05) is 0 Å². The average molecular weight is 693 g/mol. The topological polar surface area (TPSA) is 38.7 Å². The first-order valence-corrected chi connectivity index (χ1v) is 18.2. The molecule has 240 valence electrons. The Hall–Kier alpha value is -5.91. The zero-order chi connectivity index (χ0) is 36.9. The van der Waals surface area contributed by atoms with Crippen LogP contribution in [0.4, 0.5) is 0 Å². The highest BCUT2D eigenvalue weighted by atomic mass is 32.1. The van der Waals surface area contributed by atoms with Crippen LogP contribution in [0, 0.1) is 0 Å². The minimum absolute atomic E-state index is 0.201. The Morgan fingerprint density at radius 1 is 0.352 bits per heavy atom. The Bertz CT molecular complexity index is 2790. The van der Waals surface area contributed by atoms with Crippen molar-refractivity contribution < 1.29 is 0 Å². The second kappa shape index (κ2) is 13.8. The van der Waals surface area contributed by atoms with E-state index in [9.17, 15) is 0 Å². The van der Waals surface area contributed by atoms with E-state index in [-0.39, 0.29) is 16.4 Å². The third kappa shape index (κ3) is 5.99. The number of thiophene rings is 1. The van der Waals surface area contributed by atoms with Gasteiger partial charge in [-0.15, -0.1) is 27.7 Å². The summed E-state index contributed by atoms with van der Waals surface area (Å²) >= 11 is 1.77. The minimum Gasteiger partial charge on any atom is -0.208 e. The first-order chi connectivity index (χ1) is 26.3. The van der Waals surface area contributed by atoms with E-state index in [1.807, 2.05) is 84.9 Å². The smallest absolute Gasteiger partial charge is 0.164 e. The number of nitrogens with zero attached hydrogens (tertiary/aromatic N) is 3. The number of aromatic nitrogens is 3. The van der Waals surface area contributed by atoms with E-state index < -0.39 is 0 Å². The first kappa shape index (κ1) is 33.9. The normalized spacial score (nSPS) is 11.3. The molecule has 10 radical (unpaired) electrons. The third-order valence-corrected chi connectivity index (χ3v) is 11.0. The van der Waals surface area contributed by atoms with E-state index >= 15 is 0 Å². The van der Waals surface area contributed by atoms with Crippen LogP contribution in [0.15, 0.2) is 146 Å². The molecular weight excluding hydrogens is 669 g/mol. The van der Waals surface area contributed by atoms with Gasteiger partial charge in [-0.25, -0.2) is 15.0 Å². The maximum atomic E-state index is 6.34. The summed E-state index contributed by atoms with van der Waals surface area (Å²) in [7, 11) is 31.0. The summed E-state index contributed by atoms with van der Waals surface area (Å²) in [6.45, 7) is 0. The van der Waals surface area contributed by atoms with E-state index in [0.717, 1.165) is 55.3 Å². The van der Waals surface area contributed by atoms with Crippen LogP contribution in [-0.2, 0) is 0 Å². The van der Waals surface area contributed by atoms with Gasteiger partial charge in [0.2, 0.25) is 0 Å². The van der Waals surface area contributed by atoms with Crippen LogP contribution >= 0.6 is 11.3 Å². The Morgan fingerprint density at radius 3 is 1.46 bits per heavy atom. The lowest BCUT2D eigenvalue weighted by atomic mass is 9.59. The third-order valence-electron chi connectivity index (χ3n) is 9.84. The van der Waals surface area contributed by atoms with Gasteiger partial charge in [0.25, 0.3) is 0 Å². The monoisotopic (exact) mass is 693 g/mol. The number of fused-ring (bicyclic) bond motifs is 3. The molecule has 3 nitrogen and oxygen atoms in total. The molecule has 0 aliphatic carbocycles. The van der Waals surface area contributed by atoms with E-state index in [4.69, 9.17) is 54.2 Å². The summed E-state index contributed by atoms with van der Waals surface area (Å²) in [6.07, 6.45) is 0. The predicted molar refractivity (Wildman–Crippen MR) is 232 cm³/mol. The molecule has 0 spiro atoms. The second-order valence-corrected chi connectivity index (χ2v) is 14.2. The molecule has 2 aromatic heterocycles. The van der Waals surface area contributed by atoms with Crippen molar-refractivity contribution in [1.82, 2.24) is 15.0 Å². The van der Waals surface area contributed by atoms with Gasteiger partial charge < -0.3 is 0 Å². The predicted octanol–water partition coefficient (Wildman–Crippen LogP) is 6.21. The second-order valence-electron chi connectivity index (χ2n) is 13.1. The Kier molecular flexibility index (Phi) is 8.68. The molecule has 0 aliphatic heterocycles. The number of benzene rings is 7. The van der Waals surface area contributed by atoms with Crippen molar-refractivity contribution in [1.29, 1.82) is 0 Å². The summed E-state index contributed by atoms with van der Waals surface area (Å²) in [5.41, 5.74) is 9.84. The van der Waals surface area contributed by atoms with Crippen molar-refractivity contribution in [2.45, 2.75) is 0 Å². The Morgan fingerprint density at radius 2 is 0.833 bits per heavy atom. The van der Waals surface area contributed by atoms with Crippen LogP contribution < -0.4 is 27.3 Å². The van der Waals surface area contributed by atoms with Crippen molar-refractivity contribution in [2.24, 2.45) is 0 Å². The molecule has 7 aromatic carbocycles. The quantitative estimate of drug-likeness (QED) is 0.195. The van der Waals surface area contributed by atoms with E-state index in [0.29, 0.717) is 34.0 Å². The number of rotatable bonds is 6. The van der Waals surface area contributed by atoms with E-state index in [1.54, 1.807) is 11.3 Å². The molecule has 0 amide bonds. The van der Waals surface area contributed by atoms with Gasteiger partial charge in [0, 0.05) is 36.9 Å². The molecule has 9 rings (SSSR count). The van der Waals surface area contributed by atoms with Gasteiger partial charge in [-0.2, -0.15) is 0 Å². The summed E-state index contributed by atoms with van der Waals surface area (Å²) in [5.74, 6) is 1.90. The molecule has 9 aromatic rings. The zero-order valence-electron chi connectivity index (χ0n) is 29.0. The SMILES string of the molecule is [B]c1c([B])c([B])c(-c2ccc(-c3cccc(-c4ccc5sc6cccc(-c7nc(-c8ccccc8)nc(-c8ccccc8)n7)c6c5c4)c3)cc2)c([B])c1[B]. The van der Waals surface area contributed by atoms with Crippen molar-refractivity contribution in [3.63, 3.8) is 0 Å². The Labute approximate surface area is 324 Å². The fourth-order valence-electron chi connectivity index (χ4n) is 6.99. The fraction of sp³-hybridized carbons (Fsp3) is 0. The molecule has 0 saturated heterocycles. The van der Waals surface area contributed by atoms with Crippen LogP contribution in [0.5, 0.6) is 0 Å². The maximum Gasteiger partial charge on any atom is 0.164 e. The first-order valence-electron chi connectivity index (χ1n) is 17.4. The highest BCUT2D eigenvalue weighted by Gasteiger charge is 2.18. The van der Waals surface area contributed by atoms with Crippen LogP contribution in [0.3, 0.4) is 0 Å². The summed E-state index contributed by atoms with van der Waals surface area (Å²) in [6, 6.07) is 49.7. The molecule has 2 heterocycles. The van der Waals surface area contributed by atoms with Crippen molar-refractivity contribution in [3.8, 4) is 67.5 Å². The Balaban J connectivity index is 1.13. The summed E-state index contributed by atoms with van der Waals surface area (Å²) in [4.78, 5) is 15.0. The van der Waals surface area contributed by atoms with Crippen LogP contribution in [-0.4, -0.2) is 54.2 Å². The van der Waals surface area contributed by atoms with Crippen LogP contribution in [0.1, 0.15) is 0 Å². The fourth-order valence-corrected chi connectivity index (χ4v) is 8.10. The van der Waals surface area contributed by atoms with Gasteiger partial charge in [-0.1, -0.05) is 132 Å².